The Bertz CT molecular complexity index is 372. The molecule has 108 valence electrons. The average molecular weight is 300 g/mol. The van der Waals surface area contributed by atoms with Crippen LogP contribution in [0.2, 0.25) is 0 Å². The van der Waals surface area contributed by atoms with Crippen molar-refractivity contribution >= 4 is 23.7 Å². The maximum absolute atomic E-state index is 2.84. The Morgan fingerprint density at radius 3 is 2.58 bits per heavy atom. The van der Waals surface area contributed by atoms with Gasteiger partial charge < -0.3 is 0 Å². The van der Waals surface area contributed by atoms with Crippen LogP contribution in [0.4, 0.5) is 0 Å². The third kappa shape index (κ3) is 2.72. The van der Waals surface area contributed by atoms with Gasteiger partial charge in [-0.15, -0.1) is 23.7 Å². The van der Waals surface area contributed by atoms with E-state index in [4.69, 9.17) is 0 Å². The molecule has 0 N–H and O–H groups in total. The van der Waals surface area contributed by atoms with Crippen molar-refractivity contribution in [2.45, 2.75) is 57.4 Å². The first-order valence-electron chi connectivity index (χ1n) is 7.63. The van der Waals surface area contributed by atoms with Crippen molar-refractivity contribution in [2.24, 2.45) is 5.92 Å². The van der Waals surface area contributed by atoms with Gasteiger partial charge in [-0.1, -0.05) is 32.3 Å². The minimum atomic E-state index is 0. The molecule has 2 atom stereocenters. The monoisotopic (exact) mass is 299 g/mol. The van der Waals surface area contributed by atoms with Crippen molar-refractivity contribution < 1.29 is 0 Å². The van der Waals surface area contributed by atoms with E-state index in [0.29, 0.717) is 5.54 Å². The van der Waals surface area contributed by atoms with Crippen LogP contribution in [0.25, 0.3) is 0 Å². The molecular formula is C16H26ClNS. The molecule has 2 fully saturated rings. The number of likely N-dealkylation sites (tertiary alicyclic amines) is 1. The van der Waals surface area contributed by atoms with Gasteiger partial charge in [0.2, 0.25) is 0 Å². The van der Waals surface area contributed by atoms with Gasteiger partial charge in [-0.2, -0.15) is 0 Å². The van der Waals surface area contributed by atoms with Crippen molar-refractivity contribution in [2.75, 3.05) is 13.1 Å². The van der Waals surface area contributed by atoms with Crippen LogP contribution in [0.3, 0.4) is 0 Å². The predicted molar refractivity (Wildman–Crippen MR) is 86.3 cm³/mol. The fraction of sp³-hybridized carbons (Fsp3) is 0.750. The molecule has 1 nitrogen and oxygen atoms in total. The number of nitrogens with zero attached hydrogens (tertiary/aromatic N) is 1. The van der Waals surface area contributed by atoms with Gasteiger partial charge in [0, 0.05) is 4.88 Å². The summed E-state index contributed by atoms with van der Waals surface area (Å²) in [6.45, 7) is 5.14. The third-order valence-electron chi connectivity index (χ3n) is 5.13. The Balaban J connectivity index is 0.00000133. The highest BCUT2D eigenvalue weighted by Gasteiger charge is 2.45. The summed E-state index contributed by atoms with van der Waals surface area (Å²) in [6, 6.07) is 4.63. The van der Waals surface area contributed by atoms with E-state index in [2.05, 4.69) is 29.3 Å². The summed E-state index contributed by atoms with van der Waals surface area (Å²) in [5.74, 6) is 0.822. The number of piperidine rings is 1. The highest BCUT2D eigenvalue weighted by Crippen LogP contribution is 2.48. The van der Waals surface area contributed by atoms with E-state index >= 15 is 0 Å². The molecule has 0 aromatic carbocycles. The largest absolute Gasteiger partial charge is 0.293 e. The predicted octanol–water partition coefficient (Wildman–Crippen LogP) is 5.06. The Morgan fingerprint density at radius 2 is 1.95 bits per heavy atom. The lowest BCUT2D eigenvalue weighted by Gasteiger charge is -2.51. The third-order valence-corrected chi connectivity index (χ3v) is 6.17. The maximum Gasteiger partial charge on any atom is 0.0579 e. The number of halogens is 1. The number of rotatable bonds is 2. The Hall–Kier alpha value is -0.0500. The van der Waals surface area contributed by atoms with Crippen LogP contribution in [0.15, 0.2) is 17.5 Å². The van der Waals surface area contributed by atoms with Crippen molar-refractivity contribution in [3.63, 3.8) is 0 Å². The fourth-order valence-corrected chi connectivity index (χ4v) is 5.24. The molecule has 0 spiro atoms. The number of thiophene rings is 1. The van der Waals surface area contributed by atoms with E-state index < -0.39 is 0 Å². The van der Waals surface area contributed by atoms with Crippen molar-refractivity contribution in [3.05, 3.63) is 22.4 Å². The first kappa shape index (κ1) is 15.3. The van der Waals surface area contributed by atoms with Crippen LogP contribution < -0.4 is 0 Å². The zero-order valence-electron chi connectivity index (χ0n) is 11.9. The lowest BCUT2D eigenvalue weighted by Crippen LogP contribution is -2.53. The van der Waals surface area contributed by atoms with E-state index in [0.717, 1.165) is 5.92 Å². The molecule has 1 aliphatic heterocycles. The van der Waals surface area contributed by atoms with Gasteiger partial charge in [0.05, 0.1) is 5.54 Å². The summed E-state index contributed by atoms with van der Waals surface area (Å²) in [6.07, 6.45) is 9.88. The molecule has 0 unspecified atom stereocenters. The molecule has 2 heterocycles. The lowest BCUT2D eigenvalue weighted by atomic mass is 9.71. The molecule has 1 aromatic rings. The van der Waals surface area contributed by atoms with E-state index in [1.807, 2.05) is 11.3 Å². The minimum Gasteiger partial charge on any atom is -0.293 e. The molecule has 1 aliphatic carbocycles. The quantitative estimate of drug-likeness (QED) is 0.737. The van der Waals surface area contributed by atoms with Crippen LogP contribution in [-0.4, -0.2) is 18.0 Å². The maximum atomic E-state index is 2.84. The molecule has 0 amide bonds. The van der Waals surface area contributed by atoms with E-state index in [-0.39, 0.29) is 12.4 Å². The SMILES string of the molecule is C[C@H]1CCCC[C@@]1(c1cccs1)N1CCCCC1.Cl. The molecule has 19 heavy (non-hydrogen) atoms. The molecule has 1 aromatic heterocycles. The first-order valence-corrected chi connectivity index (χ1v) is 8.51. The van der Waals surface area contributed by atoms with Crippen LogP contribution in [0.5, 0.6) is 0 Å². The zero-order valence-corrected chi connectivity index (χ0v) is 13.6. The van der Waals surface area contributed by atoms with Crippen LogP contribution in [0, 0.1) is 5.92 Å². The van der Waals surface area contributed by atoms with Gasteiger partial charge in [0.25, 0.3) is 0 Å². The topological polar surface area (TPSA) is 3.24 Å². The molecule has 1 saturated heterocycles. The number of hydrogen-bond donors (Lipinski definition) is 0. The van der Waals surface area contributed by atoms with Crippen molar-refractivity contribution in [3.8, 4) is 0 Å². The van der Waals surface area contributed by atoms with Gasteiger partial charge in [0.15, 0.2) is 0 Å². The smallest absolute Gasteiger partial charge is 0.0579 e. The van der Waals surface area contributed by atoms with Gasteiger partial charge in [-0.3, -0.25) is 4.90 Å². The summed E-state index contributed by atoms with van der Waals surface area (Å²) < 4.78 is 0. The van der Waals surface area contributed by atoms with E-state index in [1.54, 1.807) is 4.88 Å². The molecular weight excluding hydrogens is 274 g/mol. The van der Waals surface area contributed by atoms with Crippen LogP contribution >= 0.6 is 23.7 Å². The van der Waals surface area contributed by atoms with Gasteiger partial charge in [-0.25, -0.2) is 0 Å². The second-order valence-electron chi connectivity index (χ2n) is 6.10. The summed E-state index contributed by atoms with van der Waals surface area (Å²) in [5, 5.41) is 2.27. The second kappa shape index (κ2) is 6.60. The lowest BCUT2D eigenvalue weighted by molar-refractivity contribution is -0.00817. The Kier molecular flexibility index (Phi) is 5.33. The molecule has 1 saturated carbocycles. The van der Waals surface area contributed by atoms with E-state index in [1.165, 1.54) is 58.0 Å². The molecule has 3 heteroatoms. The van der Waals surface area contributed by atoms with E-state index in [9.17, 15) is 0 Å². The highest BCUT2D eigenvalue weighted by atomic mass is 35.5. The Morgan fingerprint density at radius 1 is 1.16 bits per heavy atom. The summed E-state index contributed by atoms with van der Waals surface area (Å²) in [7, 11) is 0. The van der Waals surface area contributed by atoms with Gasteiger partial charge >= 0.3 is 0 Å². The normalized spacial score (nSPS) is 32.8. The molecule has 2 aliphatic rings. The summed E-state index contributed by atoms with van der Waals surface area (Å²) >= 11 is 1.98. The van der Waals surface area contributed by atoms with Crippen molar-refractivity contribution in [1.82, 2.24) is 4.90 Å². The standard InChI is InChI=1S/C16H25NS.ClH/c1-14-8-3-4-10-16(14,15-9-7-13-18-15)17-11-5-2-6-12-17;/h7,9,13-14H,2-6,8,10-12H2,1H3;1H/t14-,16+;/m0./s1. The van der Waals surface area contributed by atoms with Gasteiger partial charge in [0.1, 0.15) is 0 Å². The Labute approximate surface area is 127 Å². The number of hydrogen-bond acceptors (Lipinski definition) is 2. The molecule has 3 rings (SSSR count). The minimum absolute atomic E-state index is 0. The van der Waals surface area contributed by atoms with Crippen LogP contribution in [-0.2, 0) is 5.54 Å². The summed E-state index contributed by atoms with van der Waals surface area (Å²) in [4.78, 5) is 4.48. The van der Waals surface area contributed by atoms with Crippen LogP contribution in [0.1, 0.15) is 56.7 Å². The average Bonchev–Trinajstić information content (AvgIpc) is 2.95. The molecule has 0 radical (unpaired) electrons. The molecule has 0 bridgehead atoms. The summed E-state index contributed by atoms with van der Waals surface area (Å²) in [5.41, 5.74) is 0.382. The second-order valence-corrected chi connectivity index (χ2v) is 7.04. The first-order chi connectivity index (χ1) is 8.84. The van der Waals surface area contributed by atoms with Crippen molar-refractivity contribution in [1.29, 1.82) is 0 Å². The highest BCUT2D eigenvalue weighted by molar-refractivity contribution is 7.10. The van der Waals surface area contributed by atoms with Gasteiger partial charge in [-0.05, 0) is 56.1 Å². The fourth-order valence-electron chi connectivity index (χ4n) is 4.14. The zero-order chi connectivity index (χ0) is 12.4.